The van der Waals surface area contributed by atoms with E-state index >= 15 is 0 Å². The van der Waals surface area contributed by atoms with Gasteiger partial charge in [0.25, 0.3) is 11.8 Å². The van der Waals surface area contributed by atoms with Crippen LogP contribution in [0.4, 0.5) is 0 Å². The smallest absolute Gasteiger partial charge is 0.269 e. The molecule has 1 heterocycles. The lowest BCUT2D eigenvalue weighted by Gasteiger charge is -2.12. The number of carbonyl (C=O) groups is 2. The summed E-state index contributed by atoms with van der Waals surface area (Å²) >= 11 is 0. The molecule has 0 aromatic heterocycles. The topological polar surface area (TPSA) is 85.9 Å². The summed E-state index contributed by atoms with van der Waals surface area (Å²) in [6, 6.07) is 14.4. The number of nitrogens with one attached hydrogen (secondary N) is 2. The molecule has 2 aromatic carbocycles. The molecule has 1 aliphatic heterocycles. The predicted molar refractivity (Wildman–Crippen MR) is 103 cm³/mol. The van der Waals surface area contributed by atoms with Gasteiger partial charge in [-0.05, 0) is 61.7 Å². The molecule has 1 saturated heterocycles. The minimum Gasteiger partial charge on any atom is -0.494 e. The van der Waals surface area contributed by atoms with E-state index in [4.69, 9.17) is 14.2 Å². The molecule has 0 spiro atoms. The van der Waals surface area contributed by atoms with E-state index in [9.17, 15) is 9.59 Å². The number of hydrogen-bond donors (Lipinski definition) is 2. The van der Waals surface area contributed by atoms with Gasteiger partial charge in [0.2, 0.25) is 0 Å². The molecule has 2 amide bonds. The van der Waals surface area contributed by atoms with Gasteiger partial charge in [-0.15, -0.1) is 0 Å². The molecule has 2 aromatic rings. The van der Waals surface area contributed by atoms with E-state index in [1.807, 2.05) is 43.3 Å². The highest BCUT2D eigenvalue weighted by Gasteiger charge is 2.23. The molecule has 7 heteroatoms. The SMILES string of the molecule is CCOc1ccc(OCc2ccc(C(=O)NNC(=O)[C@@H]3CCCO3)cc2)cc1. The van der Waals surface area contributed by atoms with Crippen molar-refractivity contribution in [1.29, 1.82) is 0 Å². The van der Waals surface area contributed by atoms with Crippen LogP contribution in [0.15, 0.2) is 48.5 Å². The summed E-state index contributed by atoms with van der Waals surface area (Å²) in [6.07, 6.45) is 1.04. The van der Waals surface area contributed by atoms with Crippen molar-refractivity contribution in [3.63, 3.8) is 0 Å². The van der Waals surface area contributed by atoms with Crippen molar-refractivity contribution in [2.24, 2.45) is 0 Å². The third-order valence-electron chi connectivity index (χ3n) is 4.28. The Hall–Kier alpha value is -3.06. The Bertz CT molecular complexity index is 783. The van der Waals surface area contributed by atoms with Crippen LogP contribution in [0.2, 0.25) is 0 Å². The molecule has 1 atom stereocenters. The first-order chi connectivity index (χ1) is 13.7. The predicted octanol–water partition coefficient (Wildman–Crippen LogP) is 2.60. The Kier molecular flexibility index (Phi) is 6.86. The molecule has 3 rings (SSSR count). The number of benzene rings is 2. The summed E-state index contributed by atoms with van der Waals surface area (Å²) in [7, 11) is 0. The fourth-order valence-corrected chi connectivity index (χ4v) is 2.77. The zero-order valence-corrected chi connectivity index (χ0v) is 15.8. The van der Waals surface area contributed by atoms with Gasteiger partial charge in [-0.2, -0.15) is 0 Å². The third-order valence-corrected chi connectivity index (χ3v) is 4.28. The quantitative estimate of drug-likeness (QED) is 0.717. The summed E-state index contributed by atoms with van der Waals surface area (Å²) in [5, 5.41) is 0. The highest BCUT2D eigenvalue weighted by atomic mass is 16.5. The molecule has 0 saturated carbocycles. The van der Waals surface area contributed by atoms with Crippen LogP contribution in [0.1, 0.15) is 35.7 Å². The Morgan fingerprint density at radius 1 is 1.00 bits per heavy atom. The molecular weight excluding hydrogens is 360 g/mol. The number of ether oxygens (including phenoxy) is 3. The summed E-state index contributed by atoms with van der Waals surface area (Å²) < 4.78 is 16.4. The molecule has 1 aliphatic rings. The van der Waals surface area contributed by atoms with Crippen LogP contribution in [0.5, 0.6) is 11.5 Å². The molecule has 7 nitrogen and oxygen atoms in total. The summed E-state index contributed by atoms with van der Waals surface area (Å²) in [5.74, 6) is 0.829. The average molecular weight is 384 g/mol. The van der Waals surface area contributed by atoms with Crippen molar-refractivity contribution in [3.8, 4) is 11.5 Å². The standard InChI is InChI=1S/C21H24N2O5/c1-2-26-17-9-11-18(12-10-17)28-14-15-5-7-16(8-6-15)20(24)22-23-21(25)19-4-3-13-27-19/h5-12,19H,2-4,13-14H2,1H3,(H,22,24)(H,23,25)/t19-/m0/s1. The average Bonchev–Trinajstić information content (AvgIpc) is 3.27. The zero-order valence-electron chi connectivity index (χ0n) is 15.8. The van der Waals surface area contributed by atoms with E-state index < -0.39 is 6.10 Å². The van der Waals surface area contributed by atoms with Crippen LogP contribution in [0.25, 0.3) is 0 Å². The molecule has 0 unspecified atom stereocenters. The molecule has 0 bridgehead atoms. The molecule has 148 valence electrons. The van der Waals surface area contributed by atoms with Crippen LogP contribution in [0, 0.1) is 0 Å². The minimum atomic E-state index is -0.484. The van der Waals surface area contributed by atoms with Gasteiger partial charge in [-0.25, -0.2) is 0 Å². The van der Waals surface area contributed by atoms with Gasteiger partial charge in [-0.1, -0.05) is 12.1 Å². The third kappa shape index (κ3) is 5.47. The normalized spacial score (nSPS) is 15.7. The van der Waals surface area contributed by atoms with E-state index in [1.165, 1.54) is 0 Å². The van der Waals surface area contributed by atoms with Crippen molar-refractivity contribution in [2.75, 3.05) is 13.2 Å². The Morgan fingerprint density at radius 3 is 2.29 bits per heavy atom. The highest BCUT2D eigenvalue weighted by Crippen LogP contribution is 2.19. The molecular formula is C21H24N2O5. The van der Waals surface area contributed by atoms with Crippen LogP contribution >= 0.6 is 0 Å². The Morgan fingerprint density at radius 2 is 1.68 bits per heavy atom. The first kappa shape index (κ1) is 19.7. The molecule has 2 N–H and O–H groups in total. The van der Waals surface area contributed by atoms with Crippen molar-refractivity contribution < 1.29 is 23.8 Å². The number of rotatable bonds is 7. The van der Waals surface area contributed by atoms with Crippen molar-refractivity contribution in [2.45, 2.75) is 32.5 Å². The first-order valence-corrected chi connectivity index (χ1v) is 9.32. The van der Waals surface area contributed by atoms with Gasteiger partial charge in [0.15, 0.2) is 0 Å². The number of hydrogen-bond acceptors (Lipinski definition) is 5. The number of carbonyl (C=O) groups excluding carboxylic acids is 2. The fraction of sp³-hybridized carbons (Fsp3) is 0.333. The second-order valence-electron chi connectivity index (χ2n) is 6.34. The van der Waals surface area contributed by atoms with Crippen LogP contribution < -0.4 is 20.3 Å². The molecule has 0 radical (unpaired) electrons. The second-order valence-corrected chi connectivity index (χ2v) is 6.34. The Balaban J connectivity index is 1.45. The molecule has 0 aliphatic carbocycles. The second kappa shape index (κ2) is 9.75. The van der Waals surface area contributed by atoms with E-state index in [0.717, 1.165) is 23.5 Å². The monoisotopic (exact) mass is 384 g/mol. The van der Waals surface area contributed by atoms with E-state index in [2.05, 4.69) is 10.9 Å². The van der Waals surface area contributed by atoms with E-state index in [0.29, 0.717) is 31.8 Å². The highest BCUT2D eigenvalue weighted by molar-refractivity contribution is 5.95. The molecule has 1 fully saturated rings. The van der Waals surface area contributed by atoms with Gasteiger partial charge in [0.1, 0.15) is 24.2 Å². The minimum absolute atomic E-state index is 0.328. The van der Waals surface area contributed by atoms with Gasteiger partial charge in [0.05, 0.1) is 6.61 Å². The molecule has 28 heavy (non-hydrogen) atoms. The lowest BCUT2D eigenvalue weighted by molar-refractivity contribution is -0.130. The van der Waals surface area contributed by atoms with E-state index in [-0.39, 0.29) is 11.8 Å². The van der Waals surface area contributed by atoms with Crippen molar-refractivity contribution in [3.05, 3.63) is 59.7 Å². The van der Waals surface area contributed by atoms with E-state index in [1.54, 1.807) is 12.1 Å². The fourth-order valence-electron chi connectivity index (χ4n) is 2.77. The zero-order chi connectivity index (χ0) is 19.8. The lowest BCUT2D eigenvalue weighted by Crippen LogP contribution is -2.46. The lowest BCUT2D eigenvalue weighted by atomic mass is 10.1. The maximum atomic E-state index is 12.1. The van der Waals surface area contributed by atoms with Gasteiger partial charge >= 0.3 is 0 Å². The van der Waals surface area contributed by atoms with Crippen LogP contribution in [-0.2, 0) is 16.1 Å². The number of hydrazine groups is 1. The van der Waals surface area contributed by atoms with Crippen LogP contribution in [-0.4, -0.2) is 31.1 Å². The largest absolute Gasteiger partial charge is 0.494 e. The van der Waals surface area contributed by atoms with Crippen LogP contribution in [0.3, 0.4) is 0 Å². The summed E-state index contributed by atoms with van der Waals surface area (Å²) in [4.78, 5) is 24.0. The van der Waals surface area contributed by atoms with Crippen molar-refractivity contribution >= 4 is 11.8 Å². The van der Waals surface area contributed by atoms with Gasteiger partial charge in [-0.3, -0.25) is 20.4 Å². The maximum Gasteiger partial charge on any atom is 0.269 e. The van der Waals surface area contributed by atoms with Gasteiger partial charge < -0.3 is 14.2 Å². The summed E-state index contributed by atoms with van der Waals surface area (Å²) in [6.45, 7) is 3.52. The first-order valence-electron chi connectivity index (χ1n) is 9.32. The summed E-state index contributed by atoms with van der Waals surface area (Å²) in [5.41, 5.74) is 6.17. The maximum absolute atomic E-state index is 12.1. The number of amides is 2. The van der Waals surface area contributed by atoms with Gasteiger partial charge in [0, 0.05) is 12.2 Å². The Labute approximate surface area is 164 Å². The van der Waals surface area contributed by atoms with Crippen molar-refractivity contribution in [1.82, 2.24) is 10.9 Å².